The zero-order valence-corrected chi connectivity index (χ0v) is 16.3. The molecule has 1 heterocycles. The number of nitrogens with zero attached hydrogens (tertiary/aromatic N) is 1. The fourth-order valence-corrected chi connectivity index (χ4v) is 3.86. The second kappa shape index (κ2) is 7.50. The van der Waals surface area contributed by atoms with Crippen LogP contribution in [0.5, 0.6) is 0 Å². The maximum absolute atomic E-state index is 12.6. The number of hydrogen-bond donors (Lipinski definition) is 2. The fourth-order valence-electron chi connectivity index (χ4n) is 3.86. The molecule has 0 unspecified atom stereocenters. The van der Waals surface area contributed by atoms with E-state index in [9.17, 15) is 9.59 Å². The monoisotopic (exact) mass is 375 g/mol. The van der Waals surface area contributed by atoms with Gasteiger partial charge in [-0.15, -0.1) is 0 Å². The van der Waals surface area contributed by atoms with Gasteiger partial charge in [-0.1, -0.05) is 12.1 Å². The van der Waals surface area contributed by atoms with Gasteiger partial charge in [0, 0.05) is 48.4 Å². The van der Waals surface area contributed by atoms with Gasteiger partial charge >= 0.3 is 0 Å². The lowest BCUT2D eigenvalue weighted by Gasteiger charge is -2.11. The minimum Gasteiger partial charge on any atom is -0.358 e. The first-order valence-electron chi connectivity index (χ1n) is 9.75. The SMILES string of the molecule is CN(C)C(=O)c1ccc(CNC(=O)c2ccc3[nH]c4c(c3c2)CCCC4)cc1. The lowest BCUT2D eigenvalue weighted by Crippen LogP contribution is -2.23. The molecule has 0 bridgehead atoms. The number of aryl methyl sites for hydroxylation is 2. The third kappa shape index (κ3) is 3.52. The minimum atomic E-state index is -0.0823. The van der Waals surface area contributed by atoms with E-state index >= 15 is 0 Å². The van der Waals surface area contributed by atoms with Crippen molar-refractivity contribution in [3.05, 3.63) is 70.4 Å². The number of carbonyl (C=O) groups excluding carboxylic acids is 2. The van der Waals surface area contributed by atoms with Gasteiger partial charge in [0.15, 0.2) is 0 Å². The number of nitrogens with one attached hydrogen (secondary N) is 2. The Hall–Kier alpha value is -3.08. The van der Waals surface area contributed by atoms with Crippen molar-refractivity contribution in [1.82, 2.24) is 15.2 Å². The summed E-state index contributed by atoms with van der Waals surface area (Å²) >= 11 is 0. The van der Waals surface area contributed by atoms with E-state index in [1.54, 1.807) is 31.1 Å². The van der Waals surface area contributed by atoms with Crippen molar-refractivity contribution in [2.75, 3.05) is 14.1 Å². The van der Waals surface area contributed by atoms with Crippen molar-refractivity contribution >= 4 is 22.7 Å². The van der Waals surface area contributed by atoms with E-state index in [-0.39, 0.29) is 11.8 Å². The van der Waals surface area contributed by atoms with E-state index in [1.807, 2.05) is 30.3 Å². The number of aromatic amines is 1. The van der Waals surface area contributed by atoms with Crippen LogP contribution in [0, 0.1) is 0 Å². The molecule has 0 aliphatic heterocycles. The summed E-state index contributed by atoms with van der Waals surface area (Å²) in [7, 11) is 3.46. The molecule has 2 N–H and O–H groups in total. The van der Waals surface area contributed by atoms with Gasteiger partial charge in [0.2, 0.25) is 0 Å². The minimum absolute atomic E-state index is 0.0290. The smallest absolute Gasteiger partial charge is 0.253 e. The molecule has 4 rings (SSSR count). The van der Waals surface area contributed by atoms with E-state index in [4.69, 9.17) is 0 Å². The molecule has 0 radical (unpaired) electrons. The molecule has 3 aromatic rings. The number of H-pyrrole nitrogens is 1. The van der Waals surface area contributed by atoms with Crippen LogP contribution in [0.25, 0.3) is 10.9 Å². The summed E-state index contributed by atoms with van der Waals surface area (Å²) in [5.74, 6) is -0.111. The molecule has 0 saturated heterocycles. The predicted molar refractivity (Wildman–Crippen MR) is 111 cm³/mol. The number of fused-ring (bicyclic) bond motifs is 3. The largest absolute Gasteiger partial charge is 0.358 e. The van der Waals surface area contributed by atoms with Crippen molar-refractivity contribution in [2.45, 2.75) is 32.2 Å². The van der Waals surface area contributed by atoms with E-state index in [0.29, 0.717) is 17.7 Å². The summed E-state index contributed by atoms with van der Waals surface area (Å²) < 4.78 is 0. The first kappa shape index (κ1) is 18.3. The highest BCUT2D eigenvalue weighted by Gasteiger charge is 2.17. The first-order chi connectivity index (χ1) is 13.5. The Labute approximate surface area is 164 Å². The summed E-state index contributed by atoms with van der Waals surface area (Å²) in [4.78, 5) is 29.6. The van der Waals surface area contributed by atoms with E-state index in [0.717, 1.165) is 23.9 Å². The number of amides is 2. The molecule has 2 amide bonds. The predicted octanol–water partition coefficient (Wildman–Crippen LogP) is 3.68. The van der Waals surface area contributed by atoms with E-state index in [1.165, 1.54) is 29.5 Å². The standard InChI is InChI=1S/C23H25N3O2/c1-26(2)23(28)16-9-7-15(8-10-16)14-24-22(27)17-11-12-21-19(13-17)18-5-3-4-6-20(18)25-21/h7-13,25H,3-6,14H2,1-2H3,(H,24,27). The third-order valence-electron chi connectivity index (χ3n) is 5.42. The average Bonchev–Trinajstić information content (AvgIpc) is 3.09. The van der Waals surface area contributed by atoms with Crippen LogP contribution in [-0.4, -0.2) is 35.8 Å². The van der Waals surface area contributed by atoms with E-state index < -0.39 is 0 Å². The van der Waals surface area contributed by atoms with Crippen LogP contribution in [0.1, 0.15) is 50.4 Å². The molecule has 1 aromatic heterocycles. The molecule has 5 nitrogen and oxygen atoms in total. The second-order valence-electron chi connectivity index (χ2n) is 7.63. The number of carbonyl (C=O) groups is 2. The van der Waals surface area contributed by atoms with Crippen molar-refractivity contribution < 1.29 is 9.59 Å². The number of hydrogen-bond acceptors (Lipinski definition) is 2. The topological polar surface area (TPSA) is 65.2 Å². The Bertz CT molecular complexity index is 1030. The highest BCUT2D eigenvalue weighted by Crippen LogP contribution is 2.29. The molecule has 1 aliphatic rings. The maximum atomic E-state index is 12.6. The van der Waals surface area contributed by atoms with Crippen LogP contribution in [-0.2, 0) is 19.4 Å². The lowest BCUT2D eigenvalue weighted by atomic mass is 9.95. The lowest BCUT2D eigenvalue weighted by molar-refractivity contribution is 0.0827. The number of aromatic nitrogens is 1. The van der Waals surface area contributed by atoms with Gasteiger partial charge in [-0.3, -0.25) is 9.59 Å². The molecule has 28 heavy (non-hydrogen) atoms. The highest BCUT2D eigenvalue weighted by molar-refractivity contribution is 5.99. The first-order valence-corrected chi connectivity index (χ1v) is 9.75. The molecule has 5 heteroatoms. The van der Waals surface area contributed by atoms with Gasteiger partial charge in [-0.05, 0) is 67.1 Å². The summed E-state index contributed by atoms with van der Waals surface area (Å²) in [5, 5.41) is 4.15. The Kier molecular flexibility index (Phi) is 4.90. The Morgan fingerprint density at radius 2 is 1.71 bits per heavy atom. The molecular formula is C23H25N3O2. The van der Waals surface area contributed by atoms with Crippen LogP contribution in [0.15, 0.2) is 42.5 Å². The molecule has 0 spiro atoms. The van der Waals surface area contributed by atoms with Gasteiger partial charge in [0.25, 0.3) is 11.8 Å². The van der Waals surface area contributed by atoms with Gasteiger partial charge in [0.05, 0.1) is 0 Å². The van der Waals surface area contributed by atoms with Gasteiger partial charge < -0.3 is 15.2 Å². The number of rotatable bonds is 4. The molecule has 2 aromatic carbocycles. The summed E-state index contributed by atoms with van der Waals surface area (Å²) in [6.07, 6.45) is 4.62. The zero-order chi connectivity index (χ0) is 19.7. The van der Waals surface area contributed by atoms with Gasteiger partial charge in [-0.2, -0.15) is 0 Å². The summed E-state index contributed by atoms with van der Waals surface area (Å²) in [5.41, 5.74) is 6.10. The summed E-state index contributed by atoms with van der Waals surface area (Å²) in [6, 6.07) is 13.2. The third-order valence-corrected chi connectivity index (χ3v) is 5.42. The van der Waals surface area contributed by atoms with Crippen LogP contribution < -0.4 is 5.32 Å². The van der Waals surface area contributed by atoms with Crippen LogP contribution in [0.4, 0.5) is 0 Å². The van der Waals surface area contributed by atoms with Crippen LogP contribution in [0.2, 0.25) is 0 Å². The normalized spacial score (nSPS) is 13.2. The van der Waals surface area contributed by atoms with Crippen LogP contribution >= 0.6 is 0 Å². The van der Waals surface area contributed by atoms with Gasteiger partial charge in [0.1, 0.15) is 0 Å². The van der Waals surface area contributed by atoms with Crippen LogP contribution in [0.3, 0.4) is 0 Å². The van der Waals surface area contributed by atoms with Crippen molar-refractivity contribution in [3.63, 3.8) is 0 Å². The highest BCUT2D eigenvalue weighted by atomic mass is 16.2. The molecular weight excluding hydrogens is 350 g/mol. The second-order valence-corrected chi connectivity index (χ2v) is 7.63. The fraction of sp³-hybridized carbons (Fsp3) is 0.304. The number of benzene rings is 2. The molecule has 0 saturated carbocycles. The average molecular weight is 375 g/mol. The van der Waals surface area contributed by atoms with Crippen molar-refractivity contribution in [1.29, 1.82) is 0 Å². The van der Waals surface area contributed by atoms with E-state index in [2.05, 4.69) is 10.3 Å². The van der Waals surface area contributed by atoms with Crippen molar-refractivity contribution in [3.8, 4) is 0 Å². The Morgan fingerprint density at radius 1 is 1.00 bits per heavy atom. The molecule has 1 aliphatic carbocycles. The Morgan fingerprint density at radius 3 is 2.46 bits per heavy atom. The van der Waals surface area contributed by atoms with Gasteiger partial charge in [-0.25, -0.2) is 0 Å². The maximum Gasteiger partial charge on any atom is 0.253 e. The molecule has 0 atom stereocenters. The summed E-state index contributed by atoms with van der Waals surface area (Å²) in [6.45, 7) is 0.429. The molecule has 144 valence electrons. The Balaban J connectivity index is 1.46. The van der Waals surface area contributed by atoms with Crippen molar-refractivity contribution in [2.24, 2.45) is 0 Å². The zero-order valence-electron chi connectivity index (χ0n) is 16.3. The quantitative estimate of drug-likeness (QED) is 0.731. The molecule has 0 fully saturated rings.